The Balaban J connectivity index is 0.00000192. The molecule has 1 aromatic heterocycles. The lowest BCUT2D eigenvalue weighted by Gasteiger charge is -2.25. The third kappa shape index (κ3) is 4.58. The molecule has 0 saturated heterocycles. The molecule has 130 valence electrons. The van der Waals surface area contributed by atoms with Crippen LogP contribution in [0.1, 0.15) is 63.6 Å². The average Bonchev–Trinajstić information content (AvgIpc) is 3.08. The van der Waals surface area contributed by atoms with Gasteiger partial charge in [-0.15, -0.1) is 24.0 Å². The van der Waals surface area contributed by atoms with Crippen LogP contribution in [0.5, 0.6) is 0 Å². The Bertz CT molecular complexity index is 541. The van der Waals surface area contributed by atoms with Crippen molar-refractivity contribution < 1.29 is 0 Å². The van der Waals surface area contributed by atoms with E-state index in [1.807, 2.05) is 11.6 Å². The van der Waals surface area contributed by atoms with Gasteiger partial charge in [-0.2, -0.15) is 5.10 Å². The highest BCUT2D eigenvalue weighted by Gasteiger charge is 2.37. The monoisotopic (exact) mass is 432 g/mol. The van der Waals surface area contributed by atoms with Gasteiger partial charge in [0.25, 0.3) is 0 Å². The maximum Gasteiger partial charge on any atom is 0.192 e. The van der Waals surface area contributed by atoms with Gasteiger partial charge in [0.15, 0.2) is 5.96 Å². The minimum absolute atomic E-state index is 0. The first-order valence-corrected chi connectivity index (χ1v) is 8.70. The molecule has 1 fully saturated rings. The van der Waals surface area contributed by atoms with E-state index in [4.69, 9.17) is 0 Å². The highest BCUT2D eigenvalue weighted by molar-refractivity contribution is 14.0. The first kappa shape index (κ1) is 18.5. The van der Waals surface area contributed by atoms with Crippen molar-refractivity contribution in [2.45, 2.75) is 71.5 Å². The van der Waals surface area contributed by atoms with Crippen LogP contribution in [0.15, 0.2) is 4.99 Å². The summed E-state index contributed by atoms with van der Waals surface area (Å²) >= 11 is 0. The molecule has 2 heterocycles. The molecule has 7 heteroatoms. The average molecular weight is 432 g/mol. The standard InChI is InChI=1S/C16H28N6.HI/c1-4-7-12-10-14(12)20-16(17-5-2)19-13-8-6-9-22-15(13)18-11(3)21-22;/h12-14H,4-10H2,1-3H3,(H2,17,19,20);1H. The SMILES string of the molecule is CCCC1CC1NC(=NCC)NC1CCCn2nc(C)nc21.I. The van der Waals surface area contributed by atoms with Gasteiger partial charge in [0.05, 0.1) is 6.04 Å². The third-order valence-corrected chi connectivity index (χ3v) is 4.51. The number of hydrogen-bond donors (Lipinski definition) is 2. The summed E-state index contributed by atoms with van der Waals surface area (Å²) in [5.41, 5.74) is 0. The van der Waals surface area contributed by atoms with Crippen molar-refractivity contribution in [1.82, 2.24) is 25.4 Å². The van der Waals surface area contributed by atoms with Gasteiger partial charge in [-0.05, 0) is 45.4 Å². The Labute approximate surface area is 155 Å². The molecular formula is C16H29IN6. The predicted molar refractivity (Wildman–Crippen MR) is 103 cm³/mol. The largest absolute Gasteiger partial charge is 0.353 e. The van der Waals surface area contributed by atoms with Gasteiger partial charge >= 0.3 is 0 Å². The summed E-state index contributed by atoms with van der Waals surface area (Å²) < 4.78 is 2.04. The lowest BCUT2D eigenvalue weighted by Crippen LogP contribution is -2.43. The van der Waals surface area contributed by atoms with Crippen molar-refractivity contribution in [3.05, 3.63) is 11.6 Å². The summed E-state index contributed by atoms with van der Waals surface area (Å²) in [5, 5.41) is 11.6. The molecule has 3 atom stereocenters. The molecule has 0 radical (unpaired) electrons. The quantitative estimate of drug-likeness (QED) is 0.427. The van der Waals surface area contributed by atoms with Crippen molar-refractivity contribution in [3.63, 3.8) is 0 Å². The number of aryl methyl sites for hydroxylation is 2. The highest BCUT2D eigenvalue weighted by Crippen LogP contribution is 2.34. The molecule has 0 spiro atoms. The molecule has 1 aliphatic heterocycles. The van der Waals surface area contributed by atoms with Gasteiger partial charge in [0.1, 0.15) is 11.6 Å². The van der Waals surface area contributed by atoms with E-state index in [9.17, 15) is 0 Å². The zero-order valence-electron chi connectivity index (χ0n) is 14.4. The van der Waals surface area contributed by atoms with E-state index in [0.717, 1.165) is 49.5 Å². The summed E-state index contributed by atoms with van der Waals surface area (Å²) in [5.74, 6) is 3.67. The number of aliphatic imine (C=N–C) groups is 1. The van der Waals surface area contributed by atoms with Crippen molar-refractivity contribution in [1.29, 1.82) is 0 Å². The van der Waals surface area contributed by atoms with Gasteiger partial charge in [0, 0.05) is 19.1 Å². The zero-order chi connectivity index (χ0) is 15.5. The van der Waals surface area contributed by atoms with Crippen molar-refractivity contribution >= 4 is 29.9 Å². The molecule has 0 bridgehead atoms. The fraction of sp³-hybridized carbons (Fsp3) is 0.812. The molecular weight excluding hydrogens is 403 g/mol. The van der Waals surface area contributed by atoms with Crippen LogP contribution in [0.3, 0.4) is 0 Å². The number of halogens is 1. The topological polar surface area (TPSA) is 67.1 Å². The Morgan fingerprint density at radius 3 is 2.91 bits per heavy atom. The number of guanidine groups is 1. The summed E-state index contributed by atoms with van der Waals surface area (Å²) in [4.78, 5) is 9.20. The van der Waals surface area contributed by atoms with Gasteiger partial charge in [-0.25, -0.2) is 9.67 Å². The van der Waals surface area contributed by atoms with Crippen LogP contribution in [0.25, 0.3) is 0 Å². The van der Waals surface area contributed by atoms with Crippen molar-refractivity contribution in [2.24, 2.45) is 10.9 Å². The number of aromatic nitrogens is 3. The summed E-state index contributed by atoms with van der Waals surface area (Å²) in [6, 6.07) is 0.817. The second kappa shape index (κ2) is 8.30. The molecule has 0 amide bonds. The van der Waals surface area contributed by atoms with E-state index in [1.54, 1.807) is 0 Å². The Kier molecular flexibility index (Phi) is 6.67. The minimum Gasteiger partial charge on any atom is -0.353 e. The fourth-order valence-corrected chi connectivity index (χ4v) is 3.35. The van der Waals surface area contributed by atoms with Crippen LogP contribution in [-0.4, -0.2) is 33.3 Å². The number of rotatable bonds is 5. The maximum absolute atomic E-state index is 4.61. The Morgan fingerprint density at radius 2 is 2.17 bits per heavy atom. The first-order chi connectivity index (χ1) is 10.7. The highest BCUT2D eigenvalue weighted by atomic mass is 127. The van der Waals surface area contributed by atoms with Crippen LogP contribution in [0.4, 0.5) is 0 Å². The van der Waals surface area contributed by atoms with E-state index in [-0.39, 0.29) is 30.0 Å². The van der Waals surface area contributed by atoms with Crippen molar-refractivity contribution in [2.75, 3.05) is 6.54 Å². The van der Waals surface area contributed by atoms with Gasteiger partial charge in [-0.3, -0.25) is 4.99 Å². The van der Waals surface area contributed by atoms with Crippen LogP contribution in [0.2, 0.25) is 0 Å². The first-order valence-electron chi connectivity index (χ1n) is 8.70. The lowest BCUT2D eigenvalue weighted by atomic mass is 10.1. The van der Waals surface area contributed by atoms with E-state index in [1.165, 1.54) is 19.3 Å². The van der Waals surface area contributed by atoms with Gasteiger partial charge in [0.2, 0.25) is 0 Å². The fourth-order valence-electron chi connectivity index (χ4n) is 3.35. The van der Waals surface area contributed by atoms with E-state index >= 15 is 0 Å². The molecule has 23 heavy (non-hydrogen) atoms. The van der Waals surface area contributed by atoms with Crippen molar-refractivity contribution in [3.8, 4) is 0 Å². The minimum atomic E-state index is 0. The van der Waals surface area contributed by atoms with Crippen LogP contribution >= 0.6 is 24.0 Å². The molecule has 0 aromatic carbocycles. The Morgan fingerprint density at radius 1 is 1.35 bits per heavy atom. The van der Waals surface area contributed by atoms with Crippen LogP contribution in [-0.2, 0) is 6.54 Å². The molecule has 2 N–H and O–H groups in total. The smallest absolute Gasteiger partial charge is 0.192 e. The van der Waals surface area contributed by atoms with E-state index < -0.39 is 0 Å². The number of hydrogen-bond acceptors (Lipinski definition) is 3. The van der Waals surface area contributed by atoms with Crippen LogP contribution < -0.4 is 10.6 Å². The third-order valence-electron chi connectivity index (χ3n) is 4.51. The molecule has 3 unspecified atom stereocenters. The maximum atomic E-state index is 4.61. The summed E-state index contributed by atoms with van der Waals surface area (Å²) in [6.07, 6.45) is 6.08. The molecule has 6 nitrogen and oxygen atoms in total. The molecule has 1 saturated carbocycles. The predicted octanol–water partition coefficient (Wildman–Crippen LogP) is 2.78. The normalized spacial score (nSPS) is 26.2. The summed E-state index contributed by atoms with van der Waals surface area (Å²) in [6.45, 7) is 8.06. The molecule has 3 rings (SSSR count). The second-order valence-electron chi connectivity index (χ2n) is 6.44. The molecule has 1 aromatic rings. The number of nitrogens with zero attached hydrogens (tertiary/aromatic N) is 4. The summed E-state index contributed by atoms with van der Waals surface area (Å²) in [7, 11) is 0. The molecule has 1 aliphatic carbocycles. The number of nitrogens with one attached hydrogen (secondary N) is 2. The lowest BCUT2D eigenvalue weighted by molar-refractivity contribution is 0.397. The second-order valence-corrected chi connectivity index (χ2v) is 6.44. The number of fused-ring (bicyclic) bond motifs is 1. The van der Waals surface area contributed by atoms with Gasteiger partial charge < -0.3 is 10.6 Å². The zero-order valence-corrected chi connectivity index (χ0v) is 16.7. The molecule has 2 aliphatic rings. The van der Waals surface area contributed by atoms with Crippen LogP contribution in [0, 0.1) is 12.8 Å². The van der Waals surface area contributed by atoms with E-state index in [0.29, 0.717) is 6.04 Å². The van der Waals surface area contributed by atoms with Gasteiger partial charge in [-0.1, -0.05) is 13.3 Å². The van der Waals surface area contributed by atoms with E-state index in [2.05, 4.69) is 39.6 Å². The Hall–Kier alpha value is -0.860.